The summed E-state index contributed by atoms with van der Waals surface area (Å²) in [5.41, 5.74) is 3.86. The number of hydrogen-bond donors (Lipinski definition) is 1. The molecule has 0 aliphatic rings. The van der Waals surface area contributed by atoms with E-state index in [9.17, 15) is 4.79 Å². The van der Waals surface area contributed by atoms with Crippen molar-refractivity contribution in [3.63, 3.8) is 0 Å². The molecule has 0 fully saturated rings. The topological polar surface area (TPSA) is 47.6 Å². The molecule has 23 heavy (non-hydrogen) atoms. The predicted molar refractivity (Wildman–Crippen MR) is 91.5 cm³/mol. The van der Waals surface area contributed by atoms with Gasteiger partial charge in [-0.3, -0.25) is 4.79 Å². The first-order valence-electron chi connectivity index (χ1n) is 7.64. The molecule has 0 radical (unpaired) electrons. The van der Waals surface area contributed by atoms with Gasteiger partial charge in [-0.2, -0.15) is 0 Å². The van der Waals surface area contributed by atoms with E-state index in [1.807, 2.05) is 39.0 Å². The standard InChI is InChI=1S/C19H23NO3/c1-13-5-7-18(14(2)11-13)23-10-9-20-19(21)16-6-8-17(22-4)15(3)12-16/h5-8,11-12H,9-10H2,1-4H3,(H,20,21). The monoisotopic (exact) mass is 313 g/mol. The minimum Gasteiger partial charge on any atom is -0.496 e. The summed E-state index contributed by atoms with van der Waals surface area (Å²) >= 11 is 0. The Bertz CT molecular complexity index is 695. The van der Waals surface area contributed by atoms with E-state index in [2.05, 4.69) is 11.4 Å². The van der Waals surface area contributed by atoms with Crippen LogP contribution in [-0.4, -0.2) is 26.2 Å². The van der Waals surface area contributed by atoms with E-state index in [0.717, 1.165) is 22.6 Å². The van der Waals surface area contributed by atoms with E-state index in [-0.39, 0.29) is 5.91 Å². The van der Waals surface area contributed by atoms with Crippen molar-refractivity contribution in [1.29, 1.82) is 0 Å². The fourth-order valence-electron chi connectivity index (χ4n) is 2.41. The third-order valence-corrected chi connectivity index (χ3v) is 3.63. The van der Waals surface area contributed by atoms with Crippen LogP contribution in [0.25, 0.3) is 0 Å². The van der Waals surface area contributed by atoms with Gasteiger partial charge in [0, 0.05) is 5.56 Å². The summed E-state index contributed by atoms with van der Waals surface area (Å²) in [6, 6.07) is 11.4. The molecule has 0 unspecified atom stereocenters. The molecule has 0 saturated heterocycles. The number of amides is 1. The van der Waals surface area contributed by atoms with Crippen LogP contribution in [0.5, 0.6) is 11.5 Å². The van der Waals surface area contributed by atoms with Crippen molar-refractivity contribution < 1.29 is 14.3 Å². The number of carbonyl (C=O) groups is 1. The Hall–Kier alpha value is -2.49. The van der Waals surface area contributed by atoms with Gasteiger partial charge in [-0.25, -0.2) is 0 Å². The fourth-order valence-corrected chi connectivity index (χ4v) is 2.41. The number of benzene rings is 2. The van der Waals surface area contributed by atoms with Gasteiger partial charge < -0.3 is 14.8 Å². The Kier molecular flexibility index (Phi) is 5.63. The summed E-state index contributed by atoms with van der Waals surface area (Å²) in [5, 5.41) is 2.86. The molecule has 2 aromatic carbocycles. The van der Waals surface area contributed by atoms with Crippen LogP contribution in [0.3, 0.4) is 0 Å². The molecule has 1 N–H and O–H groups in total. The number of hydrogen-bond acceptors (Lipinski definition) is 3. The Morgan fingerprint density at radius 2 is 1.70 bits per heavy atom. The molecule has 0 aromatic heterocycles. The number of aryl methyl sites for hydroxylation is 3. The molecular weight excluding hydrogens is 290 g/mol. The lowest BCUT2D eigenvalue weighted by atomic mass is 10.1. The molecule has 0 spiro atoms. The number of methoxy groups -OCH3 is 1. The predicted octanol–water partition coefficient (Wildman–Crippen LogP) is 3.43. The Labute approximate surface area is 137 Å². The van der Waals surface area contributed by atoms with E-state index in [1.165, 1.54) is 5.56 Å². The van der Waals surface area contributed by atoms with Crippen molar-refractivity contribution in [3.8, 4) is 11.5 Å². The highest BCUT2D eigenvalue weighted by molar-refractivity contribution is 5.94. The molecule has 0 heterocycles. The van der Waals surface area contributed by atoms with Crippen molar-refractivity contribution in [2.45, 2.75) is 20.8 Å². The zero-order valence-electron chi connectivity index (χ0n) is 14.1. The number of nitrogens with one attached hydrogen (secondary N) is 1. The number of ether oxygens (including phenoxy) is 2. The molecule has 1 amide bonds. The van der Waals surface area contributed by atoms with Crippen molar-refractivity contribution in [2.24, 2.45) is 0 Å². The first kappa shape index (κ1) is 16.9. The van der Waals surface area contributed by atoms with E-state index in [4.69, 9.17) is 9.47 Å². The molecule has 4 nitrogen and oxygen atoms in total. The minimum absolute atomic E-state index is 0.111. The molecule has 122 valence electrons. The molecule has 0 aliphatic carbocycles. The summed E-state index contributed by atoms with van der Waals surface area (Å²) in [6.07, 6.45) is 0. The second-order valence-electron chi connectivity index (χ2n) is 5.56. The van der Waals surface area contributed by atoms with Crippen LogP contribution < -0.4 is 14.8 Å². The molecular formula is C19H23NO3. The lowest BCUT2D eigenvalue weighted by Gasteiger charge is -2.11. The Morgan fingerprint density at radius 3 is 2.35 bits per heavy atom. The maximum absolute atomic E-state index is 12.1. The SMILES string of the molecule is COc1ccc(C(=O)NCCOc2ccc(C)cc2C)cc1C. The Balaban J connectivity index is 1.84. The van der Waals surface area contributed by atoms with Gasteiger partial charge in [-0.15, -0.1) is 0 Å². The van der Waals surface area contributed by atoms with Crippen molar-refractivity contribution in [1.82, 2.24) is 5.32 Å². The van der Waals surface area contributed by atoms with Crippen LogP contribution >= 0.6 is 0 Å². The van der Waals surface area contributed by atoms with Crippen molar-refractivity contribution in [3.05, 3.63) is 58.7 Å². The van der Waals surface area contributed by atoms with Gasteiger partial charge in [0.15, 0.2) is 0 Å². The highest BCUT2D eigenvalue weighted by atomic mass is 16.5. The zero-order chi connectivity index (χ0) is 16.8. The Morgan fingerprint density at radius 1 is 1.00 bits per heavy atom. The maximum Gasteiger partial charge on any atom is 0.251 e. The maximum atomic E-state index is 12.1. The average Bonchev–Trinajstić information content (AvgIpc) is 2.52. The van der Waals surface area contributed by atoms with Crippen LogP contribution in [-0.2, 0) is 0 Å². The van der Waals surface area contributed by atoms with Gasteiger partial charge in [0.2, 0.25) is 0 Å². The lowest BCUT2D eigenvalue weighted by molar-refractivity contribution is 0.0947. The van der Waals surface area contributed by atoms with E-state index in [0.29, 0.717) is 18.7 Å². The van der Waals surface area contributed by atoms with Crippen LogP contribution in [0.1, 0.15) is 27.0 Å². The van der Waals surface area contributed by atoms with Gasteiger partial charge >= 0.3 is 0 Å². The zero-order valence-corrected chi connectivity index (χ0v) is 14.1. The summed E-state index contributed by atoms with van der Waals surface area (Å²) in [4.78, 5) is 12.1. The van der Waals surface area contributed by atoms with Crippen LogP contribution in [0.4, 0.5) is 0 Å². The van der Waals surface area contributed by atoms with Gasteiger partial charge in [-0.1, -0.05) is 17.7 Å². The average molecular weight is 313 g/mol. The minimum atomic E-state index is -0.111. The molecule has 4 heteroatoms. The quantitative estimate of drug-likeness (QED) is 0.831. The van der Waals surface area contributed by atoms with Gasteiger partial charge in [0.1, 0.15) is 18.1 Å². The van der Waals surface area contributed by atoms with Crippen molar-refractivity contribution >= 4 is 5.91 Å². The lowest BCUT2D eigenvalue weighted by Crippen LogP contribution is -2.28. The summed E-state index contributed by atoms with van der Waals surface area (Å²) in [5.74, 6) is 1.52. The second kappa shape index (κ2) is 7.68. The van der Waals surface area contributed by atoms with Crippen LogP contribution in [0, 0.1) is 20.8 Å². The van der Waals surface area contributed by atoms with E-state index >= 15 is 0 Å². The summed E-state index contributed by atoms with van der Waals surface area (Å²) in [6.45, 7) is 6.87. The molecule has 2 rings (SSSR count). The van der Waals surface area contributed by atoms with Crippen LogP contribution in [0.15, 0.2) is 36.4 Å². The molecule has 0 saturated carbocycles. The third-order valence-electron chi connectivity index (χ3n) is 3.63. The van der Waals surface area contributed by atoms with Crippen molar-refractivity contribution in [2.75, 3.05) is 20.3 Å². The van der Waals surface area contributed by atoms with Crippen LogP contribution in [0.2, 0.25) is 0 Å². The van der Waals surface area contributed by atoms with E-state index in [1.54, 1.807) is 19.2 Å². The third kappa shape index (κ3) is 4.49. The largest absolute Gasteiger partial charge is 0.496 e. The molecule has 0 atom stereocenters. The smallest absolute Gasteiger partial charge is 0.251 e. The first-order valence-corrected chi connectivity index (χ1v) is 7.64. The molecule has 2 aromatic rings. The normalized spacial score (nSPS) is 10.3. The number of rotatable bonds is 6. The van der Waals surface area contributed by atoms with Gasteiger partial charge in [0.05, 0.1) is 13.7 Å². The van der Waals surface area contributed by atoms with Gasteiger partial charge in [-0.05, 0) is 56.2 Å². The summed E-state index contributed by atoms with van der Waals surface area (Å²) < 4.78 is 10.9. The number of carbonyl (C=O) groups excluding carboxylic acids is 1. The first-order chi connectivity index (χ1) is 11.0. The highest BCUT2D eigenvalue weighted by Gasteiger charge is 2.08. The second-order valence-corrected chi connectivity index (χ2v) is 5.56. The van der Waals surface area contributed by atoms with Gasteiger partial charge in [0.25, 0.3) is 5.91 Å². The molecule has 0 aliphatic heterocycles. The highest BCUT2D eigenvalue weighted by Crippen LogP contribution is 2.19. The van der Waals surface area contributed by atoms with E-state index < -0.39 is 0 Å². The summed E-state index contributed by atoms with van der Waals surface area (Å²) in [7, 11) is 1.62. The molecule has 0 bridgehead atoms. The fraction of sp³-hybridized carbons (Fsp3) is 0.316.